The maximum atomic E-state index is 13.0. The Morgan fingerprint density at radius 2 is 1.75 bits per heavy atom. The van der Waals surface area contributed by atoms with Gasteiger partial charge >= 0.3 is 5.97 Å². The number of fused-ring (bicyclic) bond motifs is 1. The Labute approximate surface area is 302 Å². The maximum absolute atomic E-state index is 13.0. The van der Waals surface area contributed by atoms with E-state index in [1.807, 2.05) is 53.9 Å². The topological polar surface area (TPSA) is 163 Å². The molecule has 0 bridgehead atoms. The number of nitrogens with one attached hydrogen (secondary N) is 5. The van der Waals surface area contributed by atoms with Crippen molar-refractivity contribution < 1.29 is 14.3 Å². The summed E-state index contributed by atoms with van der Waals surface area (Å²) in [4.78, 5) is 36.6. The zero-order chi connectivity index (χ0) is 35.8. The predicted octanol–water partition coefficient (Wildman–Crippen LogP) is 3.71. The smallest absolute Gasteiger partial charge is 0.322 e. The van der Waals surface area contributed by atoms with Crippen LogP contribution in [0.1, 0.15) is 83.7 Å². The van der Waals surface area contributed by atoms with Crippen molar-refractivity contribution in [1.82, 2.24) is 45.8 Å². The van der Waals surface area contributed by atoms with E-state index < -0.39 is 6.04 Å². The number of methoxy groups -OCH3 is 1. The molecule has 1 aliphatic heterocycles. The van der Waals surface area contributed by atoms with E-state index in [4.69, 9.17) is 14.7 Å². The lowest BCUT2D eigenvalue weighted by Gasteiger charge is -2.33. The number of ether oxygens (including phenoxy) is 1. The molecule has 51 heavy (non-hydrogen) atoms. The summed E-state index contributed by atoms with van der Waals surface area (Å²) in [6, 6.07) is 8.37. The number of nitrogens with zero attached hydrogens (tertiary/aromatic N) is 6. The van der Waals surface area contributed by atoms with Crippen molar-refractivity contribution in [2.24, 2.45) is 5.92 Å². The van der Waals surface area contributed by atoms with Gasteiger partial charge < -0.3 is 30.9 Å². The summed E-state index contributed by atoms with van der Waals surface area (Å²) in [6.45, 7) is 9.82. The predicted molar refractivity (Wildman–Crippen MR) is 200 cm³/mol. The second kappa shape index (κ2) is 20.2. The van der Waals surface area contributed by atoms with Crippen LogP contribution < -0.4 is 26.6 Å². The van der Waals surface area contributed by atoms with Crippen LogP contribution in [0.5, 0.6) is 0 Å². The number of amides is 1. The first-order valence-corrected chi connectivity index (χ1v) is 19.1. The maximum Gasteiger partial charge on any atom is 0.322 e. The summed E-state index contributed by atoms with van der Waals surface area (Å²) >= 11 is 0. The zero-order valence-electron chi connectivity index (χ0n) is 30.8. The standard InChI is InChI=1S/C37H59N11O3/c1-27(2)23-33(36(50)51-3)40-25-34(49)47-21-15-29(16-22-47)42-35-31-13-7-8-14-32(31)43-37(44-35)41-24-30-26-48(46-45-30)20-10-18-38-17-9-19-39-28-11-5-4-6-12-28/h7-8,13-14,26-29,33,38-40H,4-6,9-12,15-25H2,1-3H3,(H2,41,42,43,44). The first kappa shape index (κ1) is 38.4. The molecule has 1 unspecified atom stereocenters. The van der Waals surface area contributed by atoms with Gasteiger partial charge in [-0.3, -0.25) is 19.6 Å². The molecule has 3 aromatic rings. The van der Waals surface area contributed by atoms with Crippen molar-refractivity contribution in [3.8, 4) is 0 Å². The van der Waals surface area contributed by atoms with E-state index in [0.717, 1.165) is 80.3 Å². The average Bonchev–Trinajstić information content (AvgIpc) is 3.61. The van der Waals surface area contributed by atoms with E-state index in [2.05, 4.69) is 36.9 Å². The van der Waals surface area contributed by atoms with Crippen LogP contribution in [-0.2, 0) is 27.4 Å². The lowest BCUT2D eigenvalue weighted by atomic mass is 9.95. The van der Waals surface area contributed by atoms with E-state index in [0.29, 0.717) is 37.9 Å². The number of hydrogen-bond acceptors (Lipinski definition) is 12. The molecule has 1 saturated heterocycles. The van der Waals surface area contributed by atoms with Crippen molar-refractivity contribution in [2.75, 3.05) is 57.0 Å². The Bertz CT molecular complexity index is 1500. The van der Waals surface area contributed by atoms with Gasteiger partial charge in [-0.1, -0.05) is 50.5 Å². The molecule has 2 aliphatic rings. The number of carbonyl (C=O) groups is 2. The van der Waals surface area contributed by atoms with Gasteiger partial charge in [0.2, 0.25) is 11.9 Å². The third kappa shape index (κ3) is 12.4. The van der Waals surface area contributed by atoms with Crippen LogP contribution in [0.25, 0.3) is 10.9 Å². The van der Waals surface area contributed by atoms with Crippen molar-refractivity contribution in [3.63, 3.8) is 0 Å². The number of para-hydroxylation sites is 1. The largest absolute Gasteiger partial charge is 0.468 e. The Morgan fingerprint density at radius 3 is 2.53 bits per heavy atom. The number of piperidine rings is 1. The molecular formula is C37H59N11O3. The summed E-state index contributed by atoms with van der Waals surface area (Å²) in [5.41, 5.74) is 1.68. The number of esters is 1. The fourth-order valence-electron chi connectivity index (χ4n) is 6.95. The molecule has 1 atom stereocenters. The van der Waals surface area contributed by atoms with Crippen molar-refractivity contribution in [3.05, 3.63) is 36.2 Å². The number of hydrogen-bond donors (Lipinski definition) is 5. The zero-order valence-corrected chi connectivity index (χ0v) is 30.8. The molecule has 0 spiro atoms. The summed E-state index contributed by atoms with van der Waals surface area (Å²) in [6.07, 6.45) is 13.1. The normalized spacial score (nSPS) is 16.4. The summed E-state index contributed by atoms with van der Waals surface area (Å²) in [5, 5.41) is 27.0. The van der Waals surface area contributed by atoms with Crippen molar-refractivity contribution in [2.45, 2.75) is 109 Å². The Balaban J connectivity index is 1.04. The second-order valence-corrected chi connectivity index (χ2v) is 14.4. The first-order chi connectivity index (χ1) is 24.9. The Hall–Kier alpha value is -3.88. The molecular weight excluding hydrogens is 646 g/mol. The quantitative estimate of drug-likeness (QED) is 0.0857. The summed E-state index contributed by atoms with van der Waals surface area (Å²) in [7, 11) is 1.38. The number of anilines is 2. The van der Waals surface area contributed by atoms with Crippen molar-refractivity contribution >= 4 is 34.5 Å². The Kier molecular flexibility index (Phi) is 15.2. The molecule has 1 aromatic carbocycles. The molecule has 5 N–H and O–H groups in total. The third-order valence-corrected chi connectivity index (χ3v) is 9.81. The van der Waals surface area contributed by atoms with Crippen LogP contribution in [-0.4, -0.2) is 106 Å². The van der Waals surface area contributed by atoms with Gasteiger partial charge in [0.15, 0.2) is 0 Å². The molecule has 14 nitrogen and oxygen atoms in total. The molecule has 1 amide bonds. The lowest BCUT2D eigenvalue weighted by Crippen LogP contribution is -2.48. The molecule has 1 saturated carbocycles. The highest BCUT2D eigenvalue weighted by Gasteiger charge is 2.26. The van der Waals surface area contributed by atoms with E-state index in [1.54, 1.807) is 0 Å². The monoisotopic (exact) mass is 705 g/mol. The molecule has 2 fully saturated rings. The van der Waals surface area contributed by atoms with Gasteiger partial charge in [0.1, 0.15) is 17.6 Å². The molecule has 14 heteroatoms. The number of likely N-dealkylation sites (tertiary alicyclic amines) is 1. The molecule has 0 radical (unpaired) electrons. The highest BCUT2D eigenvalue weighted by Crippen LogP contribution is 2.25. The number of aryl methyl sites for hydroxylation is 1. The van der Waals surface area contributed by atoms with E-state index in [9.17, 15) is 9.59 Å². The van der Waals surface area contributed by atoms with Crippen LogP contribution in [0.4, 0.5) is 11.8 Å². The van der Waals surface area contributed by atoms with E-state index in [-0.39, 0.29) is 24.5 Å². The van der Waals surface area contributed by atoms with Crippen LogP contribution in [0, 0.1) is 5.92 Å². The lowest BCUT2D eigenvalue weighted by molar-refractivity contribution is -0.143. The molecule has 2 aromatic heterocycles. The van der Waals surface area contributed by atoms with Crippen LogP contribution in [0.15, 0.2) is 30.5 Å². The van der Waals surface area contributed by atoms with Gasteiger partial charge in [0.05, 0.1) is 31.9 Å². The fraction of sp³-hybridized carbons (Fsp3) is 0.676. The SMILES string of the molecule is COC(=O)C(CC(C)C)NCC(=O)N1CCC(Nc2nc(NCc3cn(CCCNCCCNC4CCCCC4)nn3)nc3ccccc23)CC1. The number of benzene rings is 1. The van der Waals surface area contributed by atoms with Gasteiger partial charge in [-0.2, -0.15) is 4.98 Å². The van der Waals surface area contributed by atoms with Gasteiger partial charge in [-0.05, 0) is 82.6 Å². The number of rotatable bonds is 20. The van der Waals surface area contributed by atoms with E-state index >= 15 is 0 Å². The van der Waals surface area contributed by atoms with Gasteiger partial charge in [-0.25, -0.2) is 4.98 Å². The number of carbonyl (C=O) groups excluding carboxylic acids is 2. The van der Waals surface area contributed by atoms with Gasteiger partial charge in [0.25, 0.3) is 0 Å². The first-order valence-electron chi connectivity index (χ1n) is 19.1. The fourth-order valence-corrected chi connectivity index (χ4v) is 6.95. The third-order valence-electron chi connectivity index (χ3n) is 9.81. The summed E-state index contributed by atoms with van der Waals surface area (Å²) < 4.78 is 6.82. The minimum absolute atomic E-state index is 0.00770. The minimum Gasteiger partial charge on any atom is -0.468 e. The highest BCUT2D eigenvalue weighted by molar-refractivity contribution is 5.90. The van der Waals surface area contributed by atoms with Crippen LogP contribution in [0.3, 0.4) is 0 Å². The molecule has 1 aliphatic carbocycles. The molecule has 3 heterocycles. The average molecular weight is 706 g/mol. The van der Waals surface area contributed by atoms with Crippen LogP contribution >= 0.6 is 0 Å². The molecule has 280 valence electrons. The van der Waals surface area contributed by atoms with Gasteiger partial charge in [0, 0.05) is 37.1 Å². The van der Waals surface area contributed by atoms with E-state index in [1.165, 1.54) is 39.2 Å². The Morgan fingerprint density at radius 1 is 0.961 bits per heavy atom. The molecule has 5 rings (SSSR count). The minimum atomic E-state index is -0.486. The number of aromatic nitrogens is 5. The van der Waals surface area contributed by atoms with Gasteiger partial charge in [-0.15, -0.1) is 5.10 Å². The summed E-state index contributed by atoms with van der Waals surface area (Å²) in [5.74, 6) is 1.25. The highest BCUT2D eigenvalue weighted by atomic mass is 16.5. The van der Waals surface area contributed by atoms with Crippen LogP contribution in [0.2, 0.25) is 0 Å². The van der Waals surface area contributed by atoms with Crippen molar-refractivity contribution in [1.29, 1.82) is 0 Å². The second-order valence-electron chi connectivity index (χ2n) is 14.4.